The van der Waals surface area contributed by atoms with Crippen LogP contribution in [0.2, 0.25) is 5.02 Å². The number of halogens is 1. The lowest BCUT2D eigenvalue weighted by Crippen LogP contribution is -2.29. The highest BCUT2D eigenvalue weighted by Gasteiger charge is 2.19. The summed E-state index contributed by atoms with van der Waals surface area (Å²) >= 11 is 5.80. The third-order valence-electron chi connectivity index (χ3n) is 3.44. The van der Waals surface area contributed by atoms with Crippen LogP contribution in [0.25, 0.3) is 0 Å². The van der Waals surface area contributed by atoms with Gasteiger partial charge in [-0.1, -0.05) is 25.4 Å². The van der Waals surface area contributed by atoms with E-state index in [1.165, 1.54) is 6.92 Å². The molecular weight excluding hydrogens is 354 g/mol. The monoisotopic (exact) mass is 375 g/mol. The van der Waals surface area contributed by atoms with Crippen molar-refractivity contribution in [2.75, 3.05) is 11.9 Å². The van der Waals surface area contributed by atoms with Gasteiger partial charge in [0.2, 0.25) is 0 Å². The molecule has 0 fully saturated rings. The number of amides is 1. The van der Waals surface area contributed by atoms with Crippen LogP contribution in [0, 0.1) is 5.92 Å². The molecule has 2 rings (SSSR count). The Bertz CT molecular complexity index is 741. The van der Waals surface area contributed by atoms with Crippen LogP contribution in [0.5, 0.6) is 5.75 Å². The van der Waals surface area contributed by atoms with E-state index < -0.39 is 18.0 Å². The second-order valence-corrected chi connectivity index (χ2v) is 6.71. The molecule has 0 aliphatic heterocycles. The highest BCUT2D eigenvalue weighted by molar-refractivity contribution is 6.30. The first-order valence-corrected chi connectivity index (χ1v) is 8.73. The second-order valence-electron chi connectivity index (χ2n) is 6.27. The van der Waals surface area contributed by atoms with Crippen molar-refractivity contribution in [2.24, 2.45) is 5.92 Å². The standard InChI is InChI=1S/C20H22ClNO4/c1-13(2)12-25-18-10-4-15(5-11-18)20(24)26-14(3)19(23)22-17-8-6-16(21)7-9-17/h4-11,13-14H,12H2,1-3H3,(H,22,23)/t14-/m1/s1. The summed E-state index contributed by atoms with van der Waals surface area (Å²) < 4.78 is 10.8. The van der Waals surface area contributed by atoms with Gasteiger partial charge in [-0.05, 0) is 61.4 Å². The van der Waals surface area contributed by atoms with Gasteiger partial charge in [0.25, 0.3) is 5.91 Å². The van der Waals surface area contributed by atoms with Gasteiger partial charge in [-0.2, -0.15) is 0 Å². The van der Waals surface area contributed by atoms with Crippen LogP contribution in [0.15, 0.2) is 48.5 Å². The van der Waals surface area contributed by atoms with E-state index in [0.717, 1.165) is 0 Å². The zero-order valence-electron chi connectivity index (χ0n) is 15.0. The fourth-order valence-corrected chi connectivity index (χ4v) is 2.14. The van der Waals surface area contributed by atoms with Gasteiger partial charge in [-0.3, -0.25) is 4.79 Å². The number of nitrogens with one attached hydrogen (secondary N) is 1. The number of hydrogen-bond donors (Lipinski definition) is 1. The predicted octanol–water partition coefficient (Wildman–Crippen LogP) is 4.56. The number of hydrogen-bond acceptors (Lipinski definition) is 4. The molecule has 138 valence electrons. The Kier molecular flexibility index (Phi) is 7.04. The molecule has 0 aliphatic rings. The number of anilines is 1. The summed E-state index contributed by atoms with van der Waals surface area (Å²) in [5.41, 5.74) is 0.932. The molecule has 6 heteroatoms. The van der Waals surface area contributed by atoms with Gasteiger partial charge in [-0.25, -0.2) is 4.79 Å². The number of rotatable bonds is 7. The number of carbonyl (C=O) groups is 2. The van der Waals surface area contributed by atoms with E-state index in [2.05, 4.69) is 19.2 Å². The van der Waals surface area contributed by atoms with Gasteiger partial charge in [0, 0.05) is 10.7 Å². The Balaban J connectivity index is 1.89. The van der Waals surface area contributed by atoms with Crippen molar-refractivity contribution in [1.29, 1.82) is 0 Å². The minimum Gasteiger partial charge on any atom is -0.493 e. The molecule has 0 heterocycles. The first-order chi connectivity index (χ1) is 12.3. The summed E-state index contributed by atoms with van der Waals surface area (Å²) in [5, 5.41) is 3.24. The maximum atomic E-state index is 12.2. The van der Waals surface area contributed by atoms with Crippen LogP contribution in [-0.4, -0.2) is 24.6 Å². The van der Waals surface area contributed by atoms with Gasteiger partial charge < -0.3 is 14.8 Å². The van der Waals surface area contributed by atoms with E-state index in [-0.39, 0.29) is 0 Å². The molecule has 0 spiro atoms. The van der Waals surface area contributed by atoms with Crippen LogP contribution in [0.1, 0.15) is 31.1 Å². The molecule has 5 nitrogen and oxygen atoms in total. The van der Waals surface area contributed by atoms with Crippen molar-refractivity contribution in [2.45, 2.75) is 26.9 Å². The Labute approximate surface area is 158 Å². The molecule has 0 unspecified atom stereocenters. The summed E-state index contributed by atoms with van der Waals surface area (Å²) in [7, 11) is 0. The van der Waals surface area contributed by atoms with E-state index in [9.17, 15) is 9.59 Å². The Hall–Kier alpha value is -2.53. The quantitative estimate of drug-likeness (QED) is 0.720. The van der Waals surface area contributed by atoms with Crippen LogP contribution in [0.3, 0.4) is 0 Å². The summed E-state index contributed by atoms with van der Waals surface area (Å²) in [4.78, 5) is 24.3. The molecule has 0 bridgehead atoms. The molecule has 1 amide bonds. The van der Waals surface area contributed by atoms with E-state index in [1.54, 1.807) is 48.5 Å². The minimum atomic E-state index is -0.935. The third-order valence-corrected chi connectivity index (χ3v) is 3.69. The van der Waals surface area contributed by atoms with Crippen LogP contribution >= 0.6 is 11.6 Å². The lowest BCUT2D eigenvalue weighted by atomic mass is 10.2. The summed E-state index contributed by atoms with van der Waals surface area (Å²) in [5.74, 6) is 0.111. The van der Waals surface area contributed by atoms with Gasteiger partial charge in [-0.15, -0.1) is 0 Å². The summed E-state index contributed by atoms with van der Waals surface area (Å²) in [6.45, 7) is 6.24. The van der Waals surface area contributed by atoms with E-state index in [1.807, 2.05) is 0 Å². The lowest BCUT2D eigenvalue weighted by Gasteiger charge is -2.14. The Morgan fingerprint density at radius 3 is 2.19 bits per heavy atom. The second kappa shape index (κ2) is 9.25. The molecular formula is C20H22ClNO4. The van der Waals surface area contributed by atoms with Gasteiger partial charge in [0.1, 0.15) is 5.75 Å². The molecule has 2 aromatic rings. The normalized spacial score (nSPS) is 11.7. The molecule has 0 saturated carbocycles. The molecule has 1 atom stereocenters. The smallest absolute Gasteiger partial charge is 0.338 e. The highest BCUT2D eigenvalue weighted by Crippen LogP contribution is 2.16. The predicted molar refractivity (Wildman–Crippen MR) is 102 cm³/mol. The number of carbonyl (C=O) groups excluding carboxylic acids is 2. The van der Waals surface area contributed by atoms with Crippen molar-refractivity contribution in [3.63, 3.8) is 0 Å². The summed E-state index contributed by atoms with van der Waals surface area (Å²) in [6, 6.07) is 13.3. The average molecular weight is 376 g/mol. The maximum Gasteiger partial charge on any atom is 0.338 e. The van der Waals surface area contributed by atoms with E-state index in [0.29, 0.717) is 34.5 Å². The molecule has 26 heavy (non-hydrogen) atoms. The fraction of sp³-hybridized carbons (Fsp3) is 0.300. The van der Waals surface area contributed by atoms with Crippen molar-refractivity contribution in [3.8, 4) is 5.75 Å². The zero-order valence-corrected chi connectivity index (χ0v) is 15.7. The van der Waals surface area contributed by atoms with Gasteiger partial charge in [0.15, 0.2) is 6.10 Å². The summed E-state index contributed by atoms with van der Waals surface area (Å²) in [6.07, 6.45) is -0.935. The maximum absolute atomic E-state index is 12.2. The number of esters is 1. The van der Waals surface area contributed by atoms with Crippen molar-refractivity contribution in [3.05, 3.63) is 59.1 Å². The van der Waals surface area contributed by atoms with Crippen LogP contribution in [-0.2, 0) is 9.53 Å². The van der Waals surface area contributed by atoms with Crippen LogP contribution < -0.4 is 10.1 Å². The SMILES string of the molecule is CC(C)COc1ccc(C(=O)O[C@H](C)C(=O)Nc2ccc(Cl)cc2)cc1. The fourth-order valence-electron chi connectivity index (χ4n) is 2.01. The van der Waals surface area contributed by atoms with Crippen molar-refractivity contribution in [1.82, 2.24) is 0 Å². The Morgan fingerprint density at radius 1 is 1.00 bits per heavy atom. The molecule has 1 N–H and O–H groups in total. The largest absolute Gasteiger partial charge is 0.493 e. The van der Waals surface area contributed by atoms with Gasteiger partial charge in [0.05, 0.1) is 12.2 Å². The molecule has 0 aliphatic carbocycles. The first kappa shape index (κ1) is 19.8. The first-order valence-electron chi connectivity index (χ1n) is 8.35. The molecule has 0 radical (unpaired) electrons. The molecule has 0 aromatic heterocycles. The molecule has 0 saturated heterocycles. The van der Waals surface area contributed by atoms with Crippen molar-refractivity contribution < 1.29 is 19.1 Å². The number of ether oxygens (including phenoxy) is 2. The highest BCUT2D eigenvalue weighted by atomic mass is 35.5. The van der Waals surface area contributed by atoms with Gasteiger partial charge >= 0.3 is 5.97 Å². The topological polar surface area (TPSA) is 64.6 Å². The average Bonchev–Trinajstić information content (AvgIpc) is 2.62. The van der Waals surface area contributed by atoms with Crippen LogP contribution in [0.4, 0.5) is 5.69 Å². The van der Waals surface area contributed by atoms with E-state index in [4.69, 9.17) is 21.1 Å². The lowest BCUT2D eigenvalue weighted by molar-refractivity contribution is -0.123. The Morgan fingerprint density at radius 2 is 1.62 bits per heavy atom. The van der Waals surface area contributed by atoms with Crippen molar-refractivity contribution >= 4 is 29.2 Å². The third kappa shape index (κ3) is 6.08. The minimum absolute atomic E-state index is 0.355. The zero-order chi connectivity index (χ0) is 19.1. The van der Waals surface area contributed by atoms with E-state index >= 15 is 0 Å². The molecule has 2 aromatic carbocycles. The number of benzene rings is 2.